The Morgan fingerprint density at radius 2 is 1.85 bits per heavy atom. The second-order valence-electron chi connectivity index (χ2n) is 8.24. The van der Waals surface area contributed by atoms with Crippen molar-refractivity contribution in [3.8, 4) is 11.5 Å². The third-order valence-corrected chi connectivity index (χ3v) is 6.37. The van der Waals surface area contributed by atoms with Crippen molar-refractivity contribution >= 4 is 46.3 Å². The number of halogens is 3. The first kappa shape index (κ1) is 27.4. The van der Waals surface area contributed by atoms with Crippen LogP contribution in [0.3, 0.4) is 0 Å². The molecule has 0 atom stereocenters. The third kappa shape index (κ3) is 6.44. The maximum atomic E-state index is 13.0. The van der Waals surface area contributed by atoms with Crippen LogP contribution in [0.15, 0.2) is 71.6 Å². The van der Waals surface area contributed by atoms with Gasteiger partial charge in [0.15, 0.2) is 0 Å². The van der Waals surface area contributed by atoms with Gasteiger partial charge in [-0.05, 0) is 66.2 Å². The normalized spacial score (nSPS) is 14.6. The molecule has 1 aliphatic heterocycles. The van der Waals surface area contributed by atoms with E-state index in [0.717, 1.165) is 16.5 Å². The highest BCUT2D eigenvalue weighted by molar-refractivity contribution is 8.18. The summed E-state index contributed by atoms with van der Waals surface area (Å²) >= 11 is 0.630. The second kappa shape index (κ2) is 11.0. The van der Waals surface area contributed by atoms with Crippen molar-refractivity contribution in [3.63, 3.8) is 0 Å². The largest absolute Gasteiger partial charge is 0.450 e. The summed E-state index contributed by atoms with van der Waals surface area (Å²) in [5.74, 6) is -1.61. The number of hydrogen-bond acceptors (Lipinski definition) is 7. The number of benzene rings is 3. The first-order valence-corrected chi connectivity index (χ1v) is 12.0. The minimum absolute atomic E-state index is 0.0290. The molecule has 9 nitrogen and oxygen atoms in total. The Kier molecular flexibility index (Phi) is 7.72. The van der Waals surface area contributed by atoms with Crippen LogP contribution in [-0.4, -0.2) is 33.4 Å². The molecule has 0 aliphatic carbocycles. The summed E-state index contributed by atoms with van der Waals surface area (Å²) in [7, 11) is 0. The van der Waals surface area contributed by atoms with Crippen LogP contribution < -0.4 is 10.1 Å². The molecule has 0 aromatic heterocycles. The van der Waals surface area contributed by atoms with Crippen LogP contribution in [0, 0.1) is 17.0 Å². The number of hydrogen-bond donors (Lipinski definition) is 1. The van der Waals surface area contributed by atoms with Gasteiger partial charge >= 0.3 is 11.9 Å². The van der Waals surface area contributed by atoms with E-state index in [9.17, 15) is 37.7 Å². The summed E-state index contributed by atoms with van der Waals surface area (Å²) in [5.41, 5.74) is -0.338. The van der Waals surface area contributed by atoms with Crippen LogP contribution in [0.25, 0.3) is 6.08 Å². The summed E-state index contributed by atoms with van der Waals surface area (Å²) in [4.78, 5) is 48.9. The number of para-hydroxylation sites is 1. The molecule has 39 heavy (non-hydrogen) atoms. The molecule has 3 aromatic carbocycles. The average molecular weight is 558 g/mol. The van der Waals surface area contributed by atoms with Crippen molar-refractivity contribution in [1.82, 2.24) is 4.90 Å². The Labute approximate surface area is 223 Å². The van der Waals surface area contributed by atoms with Crippen molar-refractivity contribution in [2.75, 3.05) is 11.9 Å². The first-order chi connectivity index (χ1) is 18.4. The van der Waals surface area contributed by atoms with Crippen LogP contribution in [0.2, 0.25) is 0 Å². The van der Waals surface area contributed by atoms with E-state index in [0.29, 0.717) is 35.1 Å². The van der Waals surface area contributed by atoms with Crippen LogP contribution in [0.1, 0.15) is 16.7 Å². The van der Waals surface area contributed by atoms with E-state index in [2.05, 4.69) is 5.32 Å². The Balaban J connectivity index is 1.50. The van der Waals surface area contributed by atoms with E-state index in [1.165, 1.54) is 24.3 Å². The van der Waals surface area contributed by atoms with Gasteiger partial charge in [0.1, 0.15) is 12.3 Å². The fraction of sp³-hybridized carbons (Fsp3) is 0.115. The number of nitro benzene ring substituents is 1. The molecule has 1 N–H and O–H groups in total. The van der Waals surface area contributed by atoms with Gasteiger partial charge in [-0.15, -0.1) is 0 Å². The zero-order valence-electron chi connectivity index (χ0n) is 20.0. The predicted octanol–water partition coefficient (Wildman–Crippen LogP) is 6.39. The van der Waals surface area contributed by atoms with Gasteiger partial charge in [0.2, 0.25) is 11.7 Å². The molecule has 0 unspecified atom stereocenters. The van der Waals surface area contributed by atoms with Gasteiger partial charge in [0, 0.05) is 11.8 Å². The summed E-state index contributed by atoms with van der Waals surface area (Å²) in [6.07, 6.45) is -3.40. The lowest BCUT2D eigenvalue weighted by Crippen LogP contribution is -2.36. The summed E-state index contributed by atoms with van der Waals surface area (Å²) in [6.45, 7) is 1.31. The molecule has 200 valence electrons. The van der Waals surface area contributed by atoms with Gasteiger partial charge < -0.3 is 10.1 Å². The zero-order valence-corrected chi connectivity index (χ0v) is 20.8. The van der Waals surface area contributed by atoms with Gasteiger partial charge in [-0.1, -0.05) is 30.3 Å². The number of carbonyl (C=O) groups is 3. The number of rotatable bonds is 7. The lowest BCUT2D eigenvalue weighted by molar-refractivity contribution is -0.385. The smallest absolute Gasteiger partial charge is 0.416 e. The lowest BCUT2D eigenvalue weighted by atomic mass is 10.1. The van der Waals surface area contributed by atoms with Gasteiger partial charge in [-0.25, -0.2) is 0 Å². The summed E-state index contributed by atoms with van der Waals surface area (Å²) in [5, 5.41) is 13.3. The number of carbonyl (C=O) groups excluding carboxylic acids is 3. The zero-order chi connectivity index (χ0) is 28.3. The minimum atomic E-state index is -4.77. The van der Waals surface area contributed by atoms with Crippen molar-refractivity contribution in [2.45, 2.75) is 13.1 Å². The highest BCUT2D eigenvalue weighted by Crippen LogP contribution is 2.38. The molecule has 4 rings (SSSR count). The molecule has 0 radical (unpaired) electrons. The Bertz CT molecular complexity index is 1520. The molecule has 1 heterocycles. The maximum absolute atomic E-state index is 13.0. The highest BCUT2D eigenvalue weighted by atomic mass is 32.2. The topological polar surface area (TPSA) is 119 Å². The molecule has 1 aliphatic rings. The standard InChI is InChI=1S/C26H18F3N3O6S/c1-15-5-2-3-8-19(15)30-23(33)14-31-24(34)22(39-25(31)35)12-16-6-4-7-18(11-16)38-21-10-9-17(26(27,28)29)13-20(21)32(36)37/h2-13H,14H2,1H3,(H,30,33)/b22-12+. The fourth-order valence-electron chi connectivity index (χ4n) is 3.55. The van der Waals surface area contributed by atoms with Crippen molar-refractivity contribution in [1.29, 1.82) is 0 Å². The number of imide groups is 1. The number of nitrogens with zero attached hydrogens (tertiary/aromatic N) is 2. The first-order valence-electron chi connectivity index (χ1n) is 11.2. The van der Waals surface area contributed by atoms with E-state index in [4.69, 9.17) is 4.74 Å². The van der Waals surface area contributed by atoms with Crippen LogP contribution in [0.5, 0.6) is 11.5 Å². The number of thioether (sulfide) groups is 1. The SMILES string of the molecule is Cc1ccccc1NC(=O)CN1C(=O)S/C(=C/c2cccc(Oc3ccc(C(F)(F)F)cc3[N+](=O)[O-])c2)C1=O. The molecule has 0 spiro atoms. The van der Waals surface area contributed by atoms with E-state index in [-0.39, 0.29) is 10.7 Å². The van der Waals surface area contributed by atoms with Gasteiger partial charge in [-0.3, -0.25) is 29.4 Å². The van der Waals surface area contributed by atoms with Gasteiger partial charge in [0.25, 0.3) is 11.1 Å². The quantitative estimate of drug-likeness (QED) is 0.203. The van der Waals surface area contributed by atoms with Crippen LogP contribution in [0.4, 0.5) is 29.3 Å². The molecular formula is C26H18F3N3O6S. The van der Waals surface area contributed by atoms with E-state index < -0.39 is 51.7 Å². The highest BCUT2D eigenvalue weighted by Gasteiger charge is 2.36. The van der Waals surface area contributed by atoms with Crippen LogP contribution in [-0.2, 0) is 15.8 Å². The Morgan fingerprint density at radius 1 is 1.10 bits per heavy atom. The number of aryl methyl sites for hydroxylation is 1. The fourth-order valence-corrected chi connectivity index (χ4v) is 4.39. The molecule has 1 fully saturated rings. The maximum Gasteiger partial charge on any atom is 0.416 e. The number of amides is 3. The Morgan fingerprint density at radius 3 is 2.54 bits per heavy atom. The molecule has 3 aromatic rings. The van der Waals surface area contributed by atoms with Gasteiger partial charge in [0.05, 0.1) is 15.4 Å². The summed E-state index contributed by atoms with van der Waals surface area (Å²) < 4.78 is 44.3. The van der Waals surface area contributed by atoms with Gasteiger partial charge in [-0.2, -0.15) is 13.2 Å². The number of anilines is 1. The molecule has 1 saturated heterocycles. The average Bonchev–Trinajstić information content (AvgIpc) is 3.12. The van der Waals surface area contributed by atoms with Crippen LogP contribution >= 0.6 is 11.8 Å². The molecule has 0 bridgehead atoms. The van der Waals surface area contributed by atoms with E-state index in [1.54, 1.807) is 37.3 Å². The number of nitro groups is 1. The van der Waals surface area contributed by atoms with Crippen molar-refractivity contribution in [2.24, 2.45) is 0 Å². The number of nitrogens with one attached hydrogen (secondary N) is 1. The van der Waals surface area contributed by atoms with Crippen molar-refractivity contribution in [3.05, 3.63) is 98.4 Å². The monoisotopic (exact) mass is 557 g/mol. The number of ether oxygens (including phenoxy) is 1. The minimum Gasteiger partial charge on any atom is -0.450 e. The summed E-state index contributed by atoms with van der Waals surface area (Å²) in [6, 6.07) is 14.8. The lowest BCUT2D eigenvalue weighted by Gasteiger charge is -2.13. The predicted molar refractivity (Wildman–Crippen MR) is 137 cm³/mol. The molecule has 3 amide bonds. The Hall–Kier alpha value is -4.65. The molecular weight excluding hydrogens is 539 g/mol. The van der Waals surface area contributed by atoms with Crippen molar-refractivity contribution < 1.29 is 37.2 Å². The second-order valence-corrected chi connectivity index (χ2v) is 9.24. The third-order valence-electron chi connectivity index (χ3n) is 5.46. The molecule has 0 saturated carbocycles. The number of alkyl halides is 3. The van der Waals surface area contributed by atoms with E-state index >= 15 is 0 Å². The molecule has 13 heteroatoms. The van der Waals surface area contributed by atoms with E-state index in [1.807, 2.05) is 0 Å².